The molecule has 3 heteroatoms. The van der Waals surface area contributed by atoms with Crippen molar-refractivity contribution in [1.82, 2.24) is 0 Å². The number of nitrogen functional groups attached to an aromatic ring is 1. The van der Waals surface area contributed by atoms with Crippen molar-refractivity contribution >= 4 is 5.69 Å². The standard InChI is InChI=1S/C28H27NO2/c1-20-5-4-6-27(19-20)31-25-15-9-22(10-16-25)28(2,3)21-7-13-24(14-8-21)30-26-17-11-23(29)12-18-26/h4-19H,29H2,1-3H3. The fraction of sp³-hybridized carbons (Fsp3) is 0.143. The number of ether oxygens (including phenoxy) is 2. The summed E-state index contributed by atoms with van der Waals surface area (Å²) in [7, 11) is 0. The summed E-state index contributed by atoms with van der Waals surface area (Å²) in [4.78, 5) is 0. The van der Waals surface area contributed by atoms with Crippen molar-refractivity contribution < 1.29 is 9.47 Å². The number of nitrogens with two attached hydrogens (primary N) is 1. The van der Waals surface area contributed by atoms with Gasteiger partial charge in [-0.1, -0.05) is 50.2 Å². The summed E-state index contributed by atoms with van der Waals surface area (Å²) in [6.07, 6.45) is 0. The maximum Gasteiger partial charge on any atom is 0.127 e. The predicted molar refractivity (Wildman–Crippen MR) is 127 cm³/mol. The first kappa shape index (κ1) is 20.5. The third-order valence-electron chi connectivity index (χ3n) is 5.49. The Morgan fingerprint density at radius 3 is 1.52 bits per heavy atom. The Labute approximate surface area is 184 Å². The van der Waals surface area contributed by atoms with E-state index in [9.17, 15) is 0 Å². The van der Waals surface area contributed by atoms with Crippen molar-refractivity contribution in [2.45, 2.75) is 26.2 Å². The van der Waals surface area contributed by atoms with Crippen LogP contribution < -0.4 is 15.2 Å². The van der Waals surface area contributed by atoms with Crippen molar-refractivity contribution in [3.05, 3.63) is 114 Å². The Morgan fingerprint density at radius 2 is 1.03 bits per heavy atom. The van der Waals surface area contributed by atoms with Crippen LogP contribution in [-0.4, -0.2) is 0 Å². The second-order valence-corrected chi connectivity index (χ2v) is 8.26. The molecular formula is C28H27NO2. The van der Waals surface area contributed by atoms with Crippen LogP contribution >= 0.6 is 0 Å². The van der Waals surface area contributed by atoms with Crippen LogP contribution in [0.1, 0.15) is 30.5 Å². The van der Waals surface area contributed by atoms with Crippen LogP contribution in [0.4, 0.5) is 5.69 Å². The molecule has 4 rings (SSSR count). The van der Waals surface area contributed by atoms with Gasteiger partial charge in [0.1, 0.15) is 23.0 Å². The molecule has 0 saturated carbocycles. The molecule has 31 heavy (non-hydrogen) atoms. The Hall–Kier alpha value is -3.72. The molecule has 4 aromatic rings. The molecule has 0 aliphatic rings. The molecule has 0 atom stereocenters. The van der Waals surface area contributed by atoms with Crippen LogP contribution in [0.15, 0.2) is 97.1 Å². The first-order chi connectivity index (χ1) is 14.9. The van der Waals surface area contributed by atoms with E-state index >= 15 is 0 Å². The monoisotopic (exact) mass is 409 g/mol. The predicted octanol–water partition coefficient (Wildman–Crippen LogP) is 7.49. The molecule has 3 nitrogen and oxygen atoms in total. The van der Waals surface area contributed by atoms with Gasteiger partial charge < -0.3 is 15.2 Å². The number of hydrogen-bond acceptors (Lipinski definition) is 3. The van der Waals surface area contributed by atoms with Gasteiger partial charge in [0.05, 0.1) is 0 Å². The lowest BCUT2D eigenvalue weighted by molar-refractivity contribution is 0.481. The quantitative estimate of drug-likeness (QED) is 0.336. The van der Waals surface area contributed by atoms with Crippen LogP contribution in [0.2, 0.25) is 0 Å². The highest BCUT2D eigenvalue weighted by Crippen LogP contribution is 2.34. The zero-order valence-corrected chi connectivity index (χ0v) is 18.1. The third-order valence-corrected chi connectivity index (χ3v) is 5.49. The van der Waals surface area contributed by atoms with Crippen LogP contribution in [0.5, 0.6) is 23.0 Å². The number of hydrogen-bond donors (Lipinski definition) is 1. The Balaban J connectivity index is 1.47. The maximum absolute atomic E-state index is 5.99. The zero-order chi connectivity index (χ0) is 21.8. The molecule has 4 aromatic carbocycles. The van der Waals surface area contributed by atoms with Gasteiger partial charge >= 0.3 is 0 Å². The van der Waals surface area contributed by atoms with Crippen LogP contribution in [-0.2, 0) is 5.41 Å². The summed E-state index contributed by atoms with van der Waals surface area (Å²) >= 11 is 0. The lowest BCUT2D eigenvalue weighted by atomic mass is 9.78. The highest BCUT2D eigenvalue weighted by Gasteiger charge is 2.23. The van der Waals surface area contributed by atoms with E-state index in [1.807, 2.05) is 66.7 Å². The second kappa shape index (κ2) is 8.57. The van der Waals surface area contributed by atoms with E-state index in [0.29, 0.717) is 0 Å². The lowest BCUT2D eigenvalue weighted by Crippen LogP contribution is -2.18. The van der Waals surface area contributed by atoms with Gasteiger partial charge in [-0.2, -0.15) is 0 Å². The molecule has 0 heterocycles. The van der Waals surface area contributed by atoms with Gasteiger partial charge in [-0.15, -0.1) is 0 Å². The molecule has 0 fully saturated rings. The lowest BCUT2D eigenvalue weighted by Gasteiger charge is -2.26. The van der Waals surface area contributed by atoms with E-state index in [4.69, 9.17) is 15.2 Å². The van der Waals surface area contributed by atoms with Crippen molar-refractivity contribution in [1.29, 1.82) is 0 Å². The van der Waals surface area contributed by atoms with Crippen LogP contribution in [0.25, 0.3) is 0 Å². The van der Waals surface area contributed by atoms with Crippen molar-refractivity contribution in [2.24, 2.45) is 0 Å². The molecule has 0 bridgehead atoms. The minimum absolute atomic E-state index is 0.151. The summed E-state index contributed by atoms with van der Waals surface area (Å²) in [5.74, 6) is 3.25. The van der Waals surface area contributed by atoms with E-state index in [1.54, 1.807) is 0 Å². The second-order valence-electron chi connectivity index (χ2n) is 8.26. The van der Waals surface area contributed by atoms with E-state index in [-0.39, 0.29) is 5.41 Å². The number of anilines is 1. The van der Waals surface area contributed by atoms with E-state index in [0.717, 1.165) is 28.7 Å². The molecule has 156 valence electrons. The smallest absolute Gasteiger partial charge is 0.127 e. The molecule has 0 aliphatic heterocycles. The Morgan fingerprint density at radius 1 is 0.581 bits per heavy atom. The van der Waals surface area contributed by atoms with Gasteiger partial charge in [0.15, 0.2) is 0 Å². The normalized spacial score (nSPS) is 11.2. The van der Waals surface area contributed by atoms with Crippen molar-refractivity contribution in [3.8, 4) is 23.0 Å². The van der Waals surface area contributed by atoms with E-state index < -0.39 is 0 Å². The SMILES string of the molecule is Cc1cccc(Oc2ccc(C(C)(C)c3ccc(Oc4ccc(N)cc4)cc3)cc2)c1. The van der Waals surface area contributed by atoms with Gasteiger partial charge in [-0.05, 0) is 84.3 Å². The van der Waals surface area contributed by atoms with E-state index in [2.05, 4.69) is 51.1 Å². The molecule has 0 aliphatic carbocycles. The number of rotatable bonds is 6. The maximum atomic E-state index is 5.99. The van der Waals surface area contributed by atoms with Gasteiger partial charge in [-0.3, -0.25) is 0 Å². The van der Waals surface area contributed by atoms with Gasteiger partial charge in [0.2, 0.25) is 0 Å². The minimum atomic E-state index is -0.151. The summed E-state index contributed by atoms with van der Waals surface area (Å²) in [5, 5.41) is 0. The fourth-order valence-electron chi connectivity index (χ4n) is 3.53. The van der Waals surface area contributed by atoms with Gasteiger partial charge in [-0.25, -0.2) is 0 Å². The average Bonchev–Trinajstić information content (AvgIpc) is 2.76. The highest BCUT2D eigenvalue weighted by molar-refractivity contribution is 5.45. The molecule has 0 amide bonds. The fourth-order valence-corrected chi connectivity index (χ4v) is 3.53. The molecule has 0 radical (unpaired) electrons. The van der Waals surface area contributed by atoms with Crippen LogP contribution in [0, 0.1) is 6.92 Å². The zero-order valence-electron chi connectivity index (χ0n) is 18.1. The summed E-state index contributed by atoms with van der Waals surface area (Å²) in [6, 6.07) is 32.0. The average molecular weight is 410 g/mol. The first-order valence-electron chi connectivity index (χ1n) is 10.4. The molecular weight excluding hydrogens is 382 g/mol. The van der Waals surface area contributed by atoms with E-state index in [1.165, 1.54) is 16.7 Å². The topological polar surface area (TPSA) is 44.5 Å². The minimum Gasteiger partial charge on any atom is -0.457 e. The summed E-state index contributed by atoms with van der Waals surface area (Å²) < 4.78 is 11.9. The largest absolute Gasteiger partial charge is 0.457 e. The Kier molecular flexibility index (Phi) is 5.68. The van der Waals surface area contributed by atoms with Gasteiger partial charge in [0, 0.05) is 11.1 Å². The van der Waals surface area contributed by atoms with Crippen molar-refractivity contribution in [2.75, 3.05) is 5.73 Å². The van der Waals surface area contributed by atoms with Crippen molar-refractivity contribution in [3.63, 3.8) is 0 Å². The third kappa shape index (κ3) is 4.89. The molecule has 0 saturated heterocycles. The molecule has 0 unspecified atom stereocenters. The molecule has 0 spiro atoms. The first-order valence-corrected chi connectivity index (χ1v) is 10.4. The molecule has 0 aromatic heterocycles. The summed E-state index contributed by atoms with van der Waals surface area (Å²) in [5.41, 5.74) is 9.92. The van der Waals surface area contributed by atoms with Gasteiger partial charge in [0.25, 0.3) is 0 Å². The number of benzene rings is 4. The summed E-state index contributed by atoms with van der Waals surface area (Å²) in [6.45, 7) is 6.50. The highest BCUT2D eigenvalue weighted by atomic mass is 16.5. The molecule has 2 N–H and O–H groups in total. The van der Waals surface area contributed by atoms with Crippen LogP contribution in [0.3, 0.4) is 0 Å². The number of aryl methyl sites for hydroxylation is 1. The Bertz CT molecular complexity index is 1150.